The molecular weight excluding hydrogens is 733 g/mol. The largest absolute Gasteiger partial charge is 0.472 e. The average Bonchev–Trinajstić information content (AvgIpc) is 3.81. The number of furan rings is 1. The number of rotatable bonds is 9. The fraction of sp³-hybridized carbons (Fsp3) is 0.476. The molecule has 296 valence electrons. The molecule has 2 aliphatic heterocycles. The van der Waals surface area contributed by atoms with Crippen molar-refractivity contribution < 1.29 is 32.0 Å². The van der Waals surface area contributed by atoms with Gasteiger partial charge in [0, 0.05) is 35.2 Å². The zero-order chi connectivity index (χ0) is 39.2. The zero-order valence-electron chi connectivity index (χ0n) is 32.1. The predicted octanol–water partition coefficient (Wildman–Crippen LogP) is 6.10. The number of hydrogen-bond donors (Lipinski definition) is 3. The highest BCUT2D eigenvalue weighted by molar-refractivity contribution is 7.91. The van der Waals surface area contributed by atoms with E-state index in [2.05, 4.69) is 15.4 Å². The lowest BCUT2D eigenvalue weighted by Crippen LogP contribution is -2.58. The number of aromatic nitrogens is 2. The van der Waals surface area contributed by atoms with Gasteiger partial charge in [-0.25, -0.2) is 8.42 Å². The number of hydrogen-bond acceptors (Lipinski definition) is 9. The molecule has 4 aliphatic rings. The van der Waals surface area contributed by atoms with Crippen LogP contribution in [0.2, 0.25) is 0 Å². The maximum Gasteiger partial charge on any atom is 0.297 e. The summed E-state index contributed by atoms with van der Waals surface area (Å²) in [5.74, 6) is -1.91. The van der Waals surface area contributed by atoms with Gasteiger partial charge in [-0.2, -0.15) is 4.98 Å². The van der Waals surface area contributed by atoms with E-state index in [-0.39, 0.29) is 37.3 Å². The van der Waals surface area contributed by atoms with E-state index in [0.717, 1.165) is 53.5 Å². The summed E-state index contributed by atoms with van der Waals surface area (Å²) >= 11 is 0. The van der Waals surface area contributed by atoms with Crippen LogP contribution in [0.25, 0.3) is 22.2 Å². The van der Waals surface area contributed by atoms with Crippen LogP contribution in [0.4, 0.5) is 5.69 Å². The molecule has 2 saturated carbocycles. The molecule has 4 heterocycles. The van der Waals surface area contributed by atoms with Gasteiger partial charge in [0.05, 0.1) is 29.3 Å². The number of nitrogens with zero attached hydrogens (tertiary/aromatic N) is 3. The van der Waals surface area contributed by atoms with Gasteiger partial charge in [0.1, 0.15) is 29.2 Å². The second-order valence-corrected chi connectivity index (χ2v) is 18.5. The van der Waals surface area contributed by atoms with Crippen molar-refractivity contribution in [1.82, 2.24) is 24.5 Å². The first kappa shape index (κ1) is 37.8. The van der Waals surface area contributed by atoms with Crippen molar-refractivity contribution in [3.63, 3.8) is 0 Å². The van der Waals surface area contributed by atoms with Crippen molar-refractivity contribution in [3.8, 4) is 17.1 Å². The Morgan fingerprint density at radius 1 is 1.05 bits per heavy atom. The first-order valence-electron chi connectivity index (χ1n) is 19.8. The number of anilines is 1. The lowest BCUT2D eigenvalue weighted by Gasteiger charge is -2.30. The van der Waals surface area contributed by atoms with Gasteiger partial charge in [-0.1, -0.05) is 55.3 Å². The quantitative estimate of drug-likeness (QED) is 0.170. The van der Waals surface area contributed by atoms with Crippen LogP contribution in [0.3, 0.4) is 0 Å². The number of allylic oxidation sites excluding steroid dienone is 1. The molecule has 2 aromatic heterocycles. The van der Waals surface area contributed by atoms with E-state index in [1.165, 1.54) is 0 Å². The van der Waals surface area contributed by atoms with Crippen LogP contribution in [0.1, 0.15) is 84.6 Å². The van der Waals surface area contributed by atoms with Crippen LogP contribution in [-0.2, 0) is 24.4 Å². The molecule has 0 spiro atoms. The molecule has 3 amide bonds. The monoisotopic (exact) mass is 782 g/mol. The average molecular weight is 783 g/mol. The van der Waals surface area contributed by atoms with Crippen molar-refractivity contribution in [2.75, 3.05) is 11.9 Å². The molecule has 3 N–H and O–H groups in total. The van der Waals surface area contributed by atoms with E-state index in [9.17, 15) is 22.8 Å². The zero-order valence-corrected chi connectivity index (χ0v) is 32.9. The minimum Gasteiger partial charge on any atom is -0.472 e. The van der Waals surface area contributed by atoms with Crippen LogP contribution < -0.4 is 20.1 Å². The van der Waals surface area contributed by atoms with Crippen molar-refractivity contribution in [3.05, 3.63) is 79.3 Å². The molecule has 0 unspecified atom stereocenters. The third-order valence-electron chi connectivity index (χ3n) is 11.9. The third-order valence-corrected chi connectivity index (χ3v) is 14.1. The summed E-state index contributed by atoms with van der Waals surface area (Å²) < 4.78 is 41.8. The summed E-state index contributed by atoms with van der Waals surface area (Å²) in [6.45, 7) is 5.81. The molecule has 0 radical (unpaired) electrons. The molecule has 2 aromatic carbocycles. The first-order chi connectivity index (χ1) is 26.9. The molecule has 14 heteroatoms. The van der Waals surface area contributed by atoms with Crippen LogP contribution in [0.5, 0.6) is 6.01 Å². The van der Waals surface area contributed by atoms with E-state index in [1.54, 1.807) is 24.3 Å². The molecule has 1 saturated heterocycles. The van der Waals surface area contributed by atoms with E-state index in [0.29, 0.717) is 25.3 Å². The van der Waals surface area contributed by atoms with Gasteiger partial charge in [0.15, 0.2) is 0 Å². The number of nitrogens with one attached hydrogen (secondary N) is 3. The van der Waals surface area contributed by atoms with Crippen molar-refractivity contribution in [2.24, 2.45) is 5.92 Å². The second-order valence-electron chi connectivity index (χ2n) is 16.3. The van der Waals surface area contributed by atoms with Crippen LogP contribution >= 0.6 is 0 Å². The van der Waals surface area contributed by atoms with Crippen LogP contribution in [-0.4, -0.2) is 75.6 Å². The van der Waals surface area contributed by atoms with Gasteiger partial charge < -0.3 is 24.7 Å². The Hall–Kier alpha value is -5.11. The minimum absolute atomic E-state index is 0.0294. The van der Waals surface area contributed by atoms with E-state index < -0.39 is 50.3 Å². The Kier molecular flexibility index (Phi) is 9.96. The van der Waals surface area contributed by atoms with Gasteiger partial charge >= 0.3 is 0 Å². The van der Waals surface area contributed by atoms with Gasteiger partial charge in [-0.05, 0) is 83.6 Å². The number of carbonyl (C=O) groups is 3. The van der Waals surface area contributed by atoms with Gasteiger partial charge in [-0.3, -0.25) is 23.7 Å². The van der Waals surface area contributed by atoms with E-state index in [1.807, 2.05) is 85.2 Å². The highest BCUT2D eigenvalue weighted by Gasteiger charge is 2.63. The van der Waals surface area contributed by atoms with Gasteiger partial charge in [0.25, 0.3) is 11.9 Å². The first-order valence-corrected chi connectivity index (χ1v) is 21.3. The SMILES string of the molecule is CC(C)n1c(O[C@@H]2C[C@H]3C(=O)N[C@]4(C(=O)NS(=O)(=O)C5(C)CC5)C[C@H]4/C=C\CCCCC[C@H](Nc4ccccc4)C(=O)N3C2)nc2c(-c3ccoc3)cccc21. The Balaban J connectivity index is 1.13. The van der Waals surface area contributed by atoms with E-state index >= 15 is 0 Å². The Morgan fingerprint density at radius 2 is 1.86 bits per heavy atom. The molecule has 0 bridgehead atoms. The molecule has 56 heavy (non-hydrogen) atoms. The predicted molar refractivity (Wildman–Crippen MR) is 212 cm³/mol. The topological polar surface area (TPSA) is 165 Å². The Morgan fingerprint density at radius 3 is 2.59 bits per heavy atom. The van der Waals surface area contributed by atoms with Crippen LogP contribution in [0, 0.1) is 5.92 Å². The maximum absolute atomic E-state index is 14.7. The second kappa shape index (κ2) is 14.8. The number of fused-ring (bicyclic) bond motifs is 3. The summed E-state index contributed by atoms with van der Waals surface area (Å²) in [5, 5.41) is 6.41. The minimum atomic E-state index is -3.96. The lowest BCUT2D eigenvalue weighted by atomic mass is 10.0. The van der Waals surface area contributed by atoms with Crippen LogP contribution in [0.15, 0.2) is 83.7 Å². The number of benzene rings is 2. The number of ether oxygens (including phenoxy) is 1. The number of amides is 3. The normalized spacial score (nSPS) is 27.0. The molecular formula is C42H50N6O7S. The molecule has 5 atom stereocenters. The van der Waals surface area contributed by atoms with E-state index in [4.69, 9.17) is 14.1 Å². The number of para-hydroxylation sites is 2. The van der Waals surface area contributed by atoms with Crippen molar-refractivity contribution in [2.45, 2.75) is 113 Å². The fourth-order valence-electron chi connectivity index (χ4n) is 8.16. The molecule has 8 rings (SSSR count). The maximum atomic E-state index is 14.7. The van der Waals surface area contributed by atoms with Crippen molar-refractivity contribution >= 4 is 44.5 Å². The van der Waals surface area contributed by atoms with Crippen molar-refractivity contribution in [1.29, 1.82) is 0 Å². The molecule has 4 aromatic rings. The molecule has 2 aliphatic carbocycles. The number of imidazole rings is 1. The van der Waals surface area contributed by atoms with Gasteiger partial charge in [0.2, 0.25) is 21.8 Å². The Labute approximate surface area is 327 Å². The standard InChI is InChI=1S/C42H50N6O7S/c1-27(2)48-34-18-12-16-32(28-19-22-54-26-28)36(34)44-40(48)55-31-23-35-37(49)45-42(39(51)46-56(52,53)41(3)20-21-41)24-29(42)13-8-5-4-6-11-17-33(38(50)47(35)25-31)43-30-14-9-7-10-15-30/h7-10,12-16,18-19,22,26-27,29,31,33,35,43H,4-6,11,17,20-21,23-25H2,1-3H3,(H,45,49)(H,46,51)/b13-8-/t29-,31-,33+,35+,42-/m1/s1. The fourth-order valence-corrected chi connectivity index (χ4v) is 9.47. The number of sulfonamides is 1. The summed E-state index contributed by atoms with van der Waals surface area (Å²) in [6.07, 6.45) is 11.8. The van der Waals surface area contributed by atoms with Gasteiger partial charge in [-0.15, -0.1) is 0 Å². The molecule has 13 nitrogen and oxygen atoms in total. The summed E-state index contributed by atoms with van der Waals surface area (Å²) in [7, 11) is -3.96. The third kappa shape index (κ3) is 7.19. The lowest BCUT2D eigenvalue weighted by molar-refractivity contribution is -0.140. The summed E-state index contributed by atoms with van der Waals surface area (Å²) in [6, 6.07) is 16.1. The smallest absolute Gasteiger partial charge is 0.297 e. The Bertz CT molecular complexity index is 2250. The highest BCUT2D eigenvalue weighted by atomic mass is 32.2. The molecule has 3 fully saturated rings. The highest BCUT2D eigenvalue weighted by Crippen LogP contribution is 2.47. The number of carbonyl (C=O) groups excluding carboxylic acids is 3. The summed E-state index contributed by atoms with van der Waals surface area (Å²) in [5.41, 5.74) is 2.71. The summed E-state index contributed by atoms with van der Waals surface area (Å²) in [4.78, 5) is 49.8.